The number of carbonyl (C=O) groups excluding carboxylic acids is 1. The van der Waals surface area contributed by atoms with Gasteiger partial charge in [0, 0.05) is 17.7 Å². The first-order chi connectivity index (χ1) is 11.9. The highest BCUT2D eigenvalue weighted by atomic mass is 19.3. The maximum Gasteiger partial charge on any atom is 0.586 e. The lowest BCUT2D eigenvalue weighted by Crippen LogP contribution is -2.50. The zero-order valence-corrected chi connectivity index (χ0v) is 13.6. The fourth-order valence-corrected chi connectivity index (χ4v) is 3.24. The van der Waals surface area contributed by atoms with E-state index >= 15 is 0 Å². The Hall–Kier alpha value is -2.83. The van der Waals surface area contributed by atoms with Gasteiger partial charge >= 0.3 is 12.3 Å². The predicted molar refractivity (Wildman–Crippen MR) is 87.1 cm³/mol. The third-order valence-corrected chi connectivity index (χ3v) is 4.26. The largest absolute Gasteiger partial charge is 0.586 e. The number of anilines is 1. The Morgan fingerprint density at radius 3 is 2.40 bits per heavy atom. The Kier molecular flexibility index (Phi) is 3.35. The number of urea groups is 1. The Morgan fingerprint density at radius 2 is 1.76 bits per heavy atom. The minimum atomic E-state index is -3.70. The van der Waals surface area contributed by atoms with Gasteiger partial charge in [0.2, 0.25) is 0 Å². The maximum absolute atomic E-state index is 13.4. The van der Waals surface area contributed by atoms with E-state index in [2.05, 4.69) is 14.8 Å². The number of carbonyl (C=O) groups is 1. The molecule has 2 aliphatic rings. The highest BCUT2D eigenvalue weighted by Gasteiger charge is 2.45. The number of hydrogen-bond acceptors (Lipinski definition) is 3. The molecule has 4 rings (SSSR count). The van der Waals surface area contributed by atoms with Crippen LogP contribution in [0.5, 0.6) is 11.5 Å². The Morgan fingerprint density at radius 1 is 1.12 bits per heavy atom. The van der Waals surface area contributed by atoms with Gasteiger partial charge in [0.1, 0.15) is 0 Å². The van der Waals surface area contributed by atoms with Crippen molar-refractivity contribution in [3.63, 3.8) is 0 Å². The maximum atomic E-state index is 13.4. The van der Waals surface area contributed by atoms with Crippen LogP contribution in [-0.4, -0.2) is 18.4 Å². The van der Waals surface area contributed by atoms with Crippen molar-refractivity contribution in [1.29, 1.82) is 0 Å². The first-order valence-electron chi connectivity index (χ1n) is 7.94. The van der Waals surface area contributed by atoms with Gasteiger partial charge in [-0.1, -0.05) is 30.3 Å². The second-order valence-electron chi connectivity index (χ2n) is 6.28. The highest BCUT2D eigenvalue weighted by molar-refractivity contribution is 5.97. The van der Waals surface area contributed by atoms with Crippen LogP contribution >= 0.6 is 0 Å². The SMILES string of the molecule is CC(C)N1C(=O)NC(c2ccccc2)c2cc3c(cc21)OC(F)(F)O3. The molecule has 1 unspecified atom stereocenters. The van der Waals surface area contributed by atoms with E-state index in [1.54, 1.807) is 0 Å². The number of benzene rings is 2. The number of ether oxygens (including phenoxy) is 2. The van der Waals surface area contributed by atoms with Crippen molar-refractivity contribution in [2.24, 2.45) is 0 Å². The summed E-state index contributed by atoms with van der Waals surface area (Å²) in [5.41, 5.74) is 2.07. The molecule has 1 N–H and O–H groups in total. The minimum absolute atomic E-state index is 0.0375. The molecule has 130 valence electrons. The van der Waals surface area contributed by atoms with E-state index in [0.717, 1.165) is 5.56 Å². The van der Waals surface area contributed by atoms with Gasteiger partial charge in [0.15, 0.2) is 11.5 Å². The normalized spacial score (nSPS) is 20.4. The molecule has 0 saturated carbocycles. The molecule has 2 amide bonds. The molecule has 7 heteroatoms. The first kappa shape index (κ1) is 15.7. The molecule has 0 saturated heterocycles. The molecule has 2 aromatic rings. The van der Waals surface area contributed by atoms with Crippen LogP contribution in [0.15, 0.2) is 42.5 Å². The van der Waals surface area contributed by atoms with Crippen LogP contribution in [0.1, 0.15) is 31.0 Å². The molecule has 0 bridgehead atoms. The van der Waals surface area contributed by atoms with E-state index in [-0.39, 0.29) is 23.6 Å². The van der Waals surface area contributed by atoms with Crippen molar-refractivity contribution in [3.05, 3.63) is 53.6 Å². The molecule has 0 spiro atoms. The van der Waals surface area contributed by atoms with Gasteiger partial charge < -0.3 is 14.8 Å². The van der Waals surface area contributed by atoms with Crippen LogP contribution in [0.3, 0.4) is 0 Å². The molecular weight excluding hydrogens is 330 g/mol. The fraction of sp³-hybridized carbons (Fsp3) is 0.278. The molecule has 1 atom stereocenters. The minimum Gasteiger partial charge on any atom is -0.395 e. The van der Waals surface area contributed by atoms with Crippen molar-refractivity contribution in [2.75, 3.05) is 4.90 Å². The molecular formula is C18H16F2N2O3. The standard InChI is InChI=1S/C18H16F2N2O3/c1-10(2)22-13-9-15-14(24-18(19,20)25-15)8-12(13)16(21-17(22)23)11-6-4-3-5-7-11/h3-10,16H,1-2H3,(H,21,23). The van der Waals surface area contributed by atoms with Crippen molar-refractivity contribution >= 4 is 11.7 Å². The number of nitrogens with one attached hydrogen (secondary N) is 1. The second-order valence-corrected chi connectivity index (χ2v) is 6.28. The van der Waals surface area contributed by atoms with Crippen LogP contribution in [0.4, 0.5) is 19.3 Å². The highest BCUT2D eigenvalue weighted by Crippen LogP contribution is 2.48. The first-order valence-corrected chi connectivity index (χ1v) is 7.94. The zero-order valence-electron chi connectivity index (χ0n) is 13.6. The summed E-state index contributed by atoms with van der Waals surface area (Å²) in [7, 11) is 0. The second kappa shape index (κ2) is 5.34. The van der Waals surface area contributed by atoms with E-state index < -0.39 is 12.3 Å². The van der Waals surface area contributed by atoms with Gasteiger partial charge in [-0.2, -0.15) is 0 Å². The summed E-state index contributed by atoms with van der Waals surface area (Å²) in [5.74, 6) is -0.111. The predicted octanol–water partition coefficient (Wildman–Crippen LogP) is 4.04. The number of alkyl halides is 2. The third-order valence-electron chi connectivity index (χ3n) is 4.26. The van der Waals surface area contributed by atoms with Gasteiger partial charge in [-0.05, 0) is 25.5 Å². The van der Waals surface area contributed by atoms with Crippen molar-refractivity contribution in [2.45, 2.75) is 32.2 Å². The van der Waals surface area contributed by atoms with Crippen LogP contribution in [-0.2, 0) is 0 Å². The quantitative estimate of drug-likeness (QED) is 0.893. The van der Waals surface area contributed by atoms with E-state index in [1.807, 2.05) is 44.2 Å². The Labute approximate surface area is 143 Å². The number of hydrogen-bond donors (Lipinski definition) is 1. The monoisotopic (exact) mass is 346 g/mol. The number of amides is 2. The van der Waals surface area contributed by atoms with Crippen LogP contribution in [0, 0.1) is 0 Å². The van der Waals surface area contributed by atoms with E-state index in [4.69, 9.17) is 0 Å². The molecule has 0 radical (unpaired) electrons. The van der Waals surface area contributed by atoms with Gasteiger partial charge in [-0.3, -0.25) is 4.90 Å². The number of rotatable bonds is 2. The molecule has 0 fully saturated rings. The lowest BCUT2D eigenvalue weighted by Gasteiger charge is -2.37. The molecule has 2 aromatic carbocycles. The molecule has 25 heavy (non-hydrogen) atoms. The van der Waals surface area contributed by atoms with Gasteiger partial charge in [0.05, 0.1) is 11.7 Å². The van der Waals surface area contributed by atoms with Crippen molar-refractivity contribution in [3.8, 4) is 11.5 Å². The third kappa shape index (κ3) is 2.56. The number of fused-ring (bicyclic) bond motifs is 2. The Balaban J connectivity index is 1.89. The van der Waals surface area contributed by atoms with E-state index in [9.17, 15) is 13.6 Å². The molecule has 0 aromatic heterocycles. The summed E-state index contributed by atoms with van der Waals surface area (Å²) in [4.78, 5) is 14.1. The number of nitrogens with zero attached hydrogens (tertiary/aromatic N) is 1. The summed E-state index contributed by atoms with van der Waals surface area (Å²) in [5, 5.41) is 2.94. The topological polar surface area (TPSA) is 50.8 Å². The summed E-state index contributed by atoms with van der Waals surface area (Å²) >= 11 is 0. The summed E-state index contributed by atoms with van der Waals surface area (Å²) in [6, 6.07) is 11.4. The molecule has 5 nitrogen and oxygen atoms in total. The van der Waals surface area contributed by atoms with Crippen LogP contribution in [0.25, 0.3) is 0 Å². The summed E-state index contributed by atoms with van der Waals surface area (Å²) in [6.07, 6.45) is -3.70. The van der Waals surface area contributed by atoms with Crippen LogP contribution < -0.4 is 19.7 Å². The number of halogens is 2. The van der Waals surface area contributed by atoms with Crippen molar-refractivity contribution < 1.29 is 23.0 Å². The van der Waals surface area contributed by atoms with Crippen molar-refractivity contribution in [1.82, 2.24) is 5.32 Å². The van der Waals surface area contributed by atoms with Crippen LogP contribution in [0.2, 0.25) is 0 Å². The average molecular weight is 346 g/mol. The van der Waals surface area contributed by atoms with Gasteiger partial charge in [-0.25, -0.2) is 4.79 Å². The summed E-state index contributed by atoms with van der Waals surface area (Å²) < 4.78 is 36.0. The van der Waals surface area contributed by atoms with Gasteiger partial charge in [-0.15, -0.1) is 8.78 Å². The molecule has 0 aliphatic carbocycles. The molecule has 2 aliphatic heterocycles. The fourth-order valence-electron chi connectivity index (χ4n) is 3.24. The van der Waals surface area contributed by atoms with Gasteiger partial charge in [0.25, 0.3) is 0 Å². The van der Waals surface area contributed by atoms with E-state index in [1.165, 1.54) is 17.0 Å². The van der Waals surface area contributed by atoms with E-state index in [0.29, 0.717) is 11.3 Å². The zero-order chi connectivity index (χ0) is 17.8. The summed E-state index contributed by atoms with van der Waals surface area (Å²) in [6.45, 7) is 3.71. The molecule has 2 heterocycles. The Bertz CT molecular complexity index is 840. The lowest BCUT2D eigenvalue weighted by atomic mass is 9.94. The average Bonchev–Trinajstić information content (AvgIpc) is 2.85. The lowest BCUT2D eigenvalue weighted by molar-refractivity contribution is -0.286. The smallest absolute Gasteiger partial charge is 0.395 e.